The minimum atomic E-state index is 0.138. The molecule has 2 rings (SSSR count). The molecule has 1 heterocycles. The van der Waals surface area contributed by atoms with Gasteiger partial charge in [-0.2, -0.15) is 5.26 Å². The number of thioether (sulfide) groups is 1. The zero-order chi connectivity index (χ0) is 19.0. The Bertz CT molecular complexity index is 594. The summed E-state index contributed by atoms with van der Waals surface area (Å²) < 4.78 is 5.40. The normalized spacial score (nSPS) is 22.3. The molecule has 2 atom stereocenters. The number of nitrogens with zero attached hydrogens (tertiary/aromatic N) is 1. The van der Waals surface area contributed by atoms with E-state index in [4.69, 9.17) is 4.74 Å². The highest BCUT2D eigenvalue weighted by Gasteiger charge is 2.37. The van der Waals surface area contributed by atoms with Crippen molar-refractivity contribution in [2.75, 3.05) is 12.9 Å². The van der Waals surface area contributed by atoms with E-state index in [1.807, 2.05) is 37.7 Å². The fraction of sp³-hybridized carbons (Fsp3) is 0.667. The van der Waals surface area contributed by atoms with Gasteiger partial charge < -0.3 is 10.1 Å². The van der Waals surface area contributed by atoms with Gasteiger partial charge >= 0.3 is 0 Å². The standard InChI is InChI=1S/C19H28N2OS.C2H6/c1-6-7-8-19(13(2)3)12-23-18-9-15(11-20)17(22-5)10-16(18)14(4)21-19;1-2/h9-10,13-14,21H,6-8,12H2,1-5H3;1-2H3/t14?,19-;/m1./s1. The van der Waals surface area contributed by atoms with Crippen LogP contribution in [0.1, 0.15) is 78.0 Å². The number of unbranched alkanes of at least 4 members (excludes halogenated alkanes) is 1. The molecule has 25 heavy (non-hydrogen) atoms. The van der Waals surface area contributed by atoms with Crippen LogP contribution in [0.2, 0.25) is 0 Å². The molecule has 0 bridgehead atoms. The molecule has 0 amide bonds. The minimum absolute atomic E-state index is 0.138. The number of hydrogen-bond donors (Lipinski definition) is 1. The smallest absolute Gasteiger partial charge is 0.137 e. The van der Waals surface area contributed by atoms with E-state index in [9.17, 15) is 5.26 Å². The Kier molecular flexibility index (Phi) is 8.82. The molecule has 0 aromatic heterocycles. The van der Waals surface area contributed by atoms with Gasteiger partial charge in [0, 0.05) is 22.2 Å². The molecule has 1 aliphatic rings. The van der Waals surface area contributed by atoms with Crippen LogP contribution >= 0.6 is 11.8 Å². The second-order valence-corrected chi connectivity index (χ2v) is 7.79. The van der Waals surface area contributed by atoms with Crippen LogP contribution < -0.4 is 10.1 Å². The summed E-state index contributed by atoms with van der Waals surface area (Å²) in [4.78, 5) is 1.21. The third-order valence-electron chi connectivity index (χ3n) is 4.99. The molecule has 1 unspecified atom stereocenters. The van der Waals surface area contributed by atoms with Crippen molar-refractivity contribution in [1.82, 2.24) is 5.32 Å². The quantitative estimate of drug-likeness (QED) is 0.704. The average molecular weight is 363 g/mol. The summed E-state index contributed by atoms with van der Waals surface area (Å²) in [5, 5.41) is 13.3. The lowest BCUT2D eigenvalue weighted by atomic mass is 9.82. The van der Waals surface area contributed by atoms with Crippen molar-refractivity contribution in [2.24, 2.45) is 5.92 Å². The molecule has 1 aliphatic heterocycles. The molecule has 0 fully saturated rings. The SMILES string of the molecule is CC.CCCC[C@]1(C(C)C)CSc2cc(C#N)c(OC)cc2C(C)N1. The minimum Gasteiger partial charge on any atom is -0.495 e. The summed E-state index contributed by atoms with van der Waals surface area (Å²) in [7, 11) is 1.63. The van der Waals surface area contributed by atoms with Crippen LogP contribution in [0, 0.1) is 17.2 Å². The Morgan fingerprint density at radius 3 is 2.60 bits per heavy atom. The van der Waals surface area contributed by atoms with Crippen LogP contribution in [0.4, 0.5) is 0 Å². The Hall–Kier alpha value is -1.18. The van der Waals surface area contributed by atoms with E-state index in [0.29, 0.717) is 17.2 Å². The zero-order valence-electron chi connectivity index (χ0n) is 16.9. The summed E-state index contributed by atoms with van der Waals surface area (Å²) in [6, 6.07) is 6.53. The van der Waals surface area contributed by atoms with Crippen molar-refractivity contribution in [3.8, 4) is 11.8 Å². The van der Waals surface area contributed by atoms with Crippen molar-refractivity contribution in [3.63, 3.8) is 0 Å². The van der Waals surface area contributed by atoms with Crippen LogP contribution in [-0.2, 0) is 0 Å². The van der Waals surface area contributed by atoms with Gasteiger partial charge in [-0.15, -0.1) is 11.8 Å². The van der Waals surface area contributed by atoms with E-state index >= 15 is 0 Å². The van der Waals surface area contributed by atoms with Crippen molar-refractivity contribution in [1.29, 1.82) is 5.26 Å². The molecule has 1 aromatic rings. The number of nitrogens with one attached hydrogen (secondary N) is 1. The monoisotopic (exact) mass is 362 g/mol. The van der Waals surface area contributed by atoms with E-state index in [0.717, 1.165) is 5.75 Å². The molecule has 0 aliphatic carbocycles. The molecular formula is C21H34N2OS. The van der Waals surface area contributed by atoms with Crippen LogP contribution in [0.3, 0.4) is 0 Å². The summed E-state index contributed by atoms with van der Waals surface area (Å²) in [5.41, 5.74) is 2.00. The lowest BCUT2D eigenvalue weighted by Gasteiger charge is -2.39. The first-order valence-electron chi connectivity index (χ1n) is 9.50. The third-order valence-corrected chi connectivity index (χ3v) is 6.31. The average Bonchev–Trinajstić information content (AvgIpc) is 2.77. The number of rotatable bonds is 5. The van der Waals surface area contributed by atoms with E-state index in [1.54, 1.807) is 7.11 Å². The fourth-order valence-electron chi connectivity index (χ4n) is 3.31. The first-order valence-corrected chi connectivity index (χ1v) is 10.5. The number of ether oxygens (including phenoxy) is 1. The maximum Gasteiger partial charge on any atom is 0.137 e. The summed E-state index contributed by atoms with van der Waals surface area (Å²) >= 11 is 1.88. The molecule has 0 saturated carbocycles. The molecule has 0 saturated heterocycles. The van der Waals surface area contributed by atoms with Crippen molar-refractivity contribution < 1.29 is 4.74 Å². The second kappa shape index (κ2) is 10.1. The summed E-state index contributed by atoms with van der Waals surface area (Å²) in [6.07, 6.45) is 3.64. The zero-order valence-corrected chi connectivity index (χ0v) is 17.7. The highest BCUT2D eigenvalue weighted by atomic mass is 32.2. The van der Waals surface area contributed by atoms with Gasteiger partial charge in [-0.3, -0.25) is 0 Å². The number of fused-ring (bicyclic) bond motifs is 1. The number of nitriles is 1. The molecule has 1 aromatic carbocycles. The molecule has 0 spiro atoms. The molecule has 3 nitrogen and oxygen atoms in total. The van der Waals surface area contributed by atoms with Gasteiger partial charge in [-0.25, -0.2) is 0 Å². The van der Waals surface area contributed by atoms with Crippen LogP contribution in [0.5, 0.6) is 5.75 Å². The Morgan fingerprint density at radius 1 is 1.40 bits per heavy atom. The molecule has 1 N–H and O–H groups in total. The fourth-order valence-corrected chi connectivity index (χ4v) is 4.89. The Morgan fingerprint density at radius 2 is 2.08 bits per heavy atom. The van der Waals surface area contributed by atoms with Crippen LogP contribution in [0.25, 0.3) is 0 Å². The number of hydrogen-bond acceptors (Lipinski definition) is 4. The third kappa shape index (κ3) is 4.92. The summed E-state index contributed by atoms with van der Waals surface area (Å²) in [6.45, 7) is 13.1. The predicted octanol–water partition coefficient (Wildman–Crippen LogP) is 5.93. The van der Waals surface area contributed by atoms with Gasteiger partial charge in [-0.05, 0) is 37.0 Å². The van der Waals surface area contributed by atoms with Crippen LogP contribution in [-0.4, -0.2) is 18.4 Å². The van der Waals surface area contributed by atoms with Gasteiger partial charge in [0.15, 0.2) is 0 Å². The van der Waals surface area contributed by atoms with Gasteiger partial charge in [0.25, 0.3) is 0 Å². The predicted molar refractivity (Wildman–Crippen MR) is 108 cm³/mol. The number of methoxy groups -OCH3 is 1. The maximum atomic E-state index is 9.34. The first-order chi connectivity index (χ1) is 12.0. The largest absolute Gasteiger partial charge is 0.495 e. The van der Waals surface area contributed by atoms with Gasteiger partial charge in [0.05, 0.1) is 12.7 Å². The highest BCUT2D eigenvalue weighted by molar-refractivity contribution is 7.99. The summed E-state index contributed by atoms with van der Waals surface area (Å²) in [5.74, 6) is 2.28. The topological polar surface area (TPSA) is 45.0 Å². The van der Waals surface area contributed by atoms with Gasteiger partial charge in [0.2, 0.25) is 0 Å². The lowest BCUT2D eigenvalue weighted by Crippen LogP contribution is -2.52. The van der Waals surface area contributed by atoms with Gasteiger partial charge in [-0.1, -0.05) is 47.5 Å². The maximum absolute atomic E-state index is 9.34. The molecule has 140 valence electrons. The van der Waals surface area contributed by atoms with Gasteiger partial charge in [0.1, 0.15) is 11.8 Å². The highest BCUT2D eigenvalue weighted by Crippen LogP contribution is 2.42. The lowest BCUT2D eigenvalue weighted by molar-refractivity contribution is 0.222. The number of benzene rings is 1. The molecular weight excluding hydrogens is 328 g/mol. The van der Waals surface area contributed by atoms with E-state index < -0.39 is 0 Å². The van der Waals surface area contributed by atoms with E-state index in [2.05, 4.69) is 39.1 Å². The Labute approximate surface area is 158 Å². The molecule has 0 radical (unpaired) electrons. The van der Waals surface area contributed by atoms with E-state index in [1.165, 1.54) is 29.7 Å². The van der Waals surface area contributed by atoms with Crippen molar-refractivity contribution >= 4 is 11.8 Å². The first kappa shape index (κ1) is 21.9. The van der Waals surface area contributed by atoms with E-state index in [-0.39, 0.29) is 11.6 Å². The van der Waals surface area contributed by atoms with Crippen LogP contribution in [0.15, 0.2) is 17.0 Å². The molecule has 4 heteroatoms. The Balaban J connectivity index is 0.00000151. The second-order valence-electron chi connectivity index (χ2n) is 6.77. The van der Waals surface area contributed by atoms with Crippen molar-refractivity contribution in [3.05, 3.63) is 23.3 Å². The van der Waals surface area contributed by atoms with Crippen molar-refractivity contribution in [2.45, 2.75) is 77.3 Å².